The van der Waals surface area contributed by atoms with Crippen molar-refractivity contribution in [3.05, 3.63) is 58.1 Å². The van der Waals surface area contributed by atoms with Crippen LogP contribution in [0.4, 0.5) is 11.4 Å². The van der Waals surface area contributed by atoms with Gasteiger partial charge in [-0.1, -0.05) is 34.1 Å². The minimum atomic E-state index is -0.0259. The first-order chi connectivity index (χ1) is 9.08. The summed E-state index contributed by atoms with van der Waals surface area (Å²) < 4.78 is 1.06. The lowest BCUT2D eigenvalue weighted by Gasteiger charge is -2.10. The summed E-state index contributed by atoms with van der Waals surface area (Å²) in [5.41, 5.74) is 8.87. The topological polar surface area (TPSA) is 55.1 Å². The maximum Gasteiger partial charge on any atom is 0.161 e. The smallest absolute Gasteiger partial charge is 0.161 e. The van der Waals surface area contributed by atoms with Gasteiger partial charge in [0.1, 0.15) is 0 Å². The highest BCUT2D eigenvalue weighted by molar-refractivity contribution is 9.10. The van der Waals surface area contributed by atoms with Crippen LogP contribution in [0.5, 0.6) is 0 Å². The van der Waals surface area contributed by atoms with Gasteiger partial charge in [-0.2, -0.15) is 0 Å². The summed E-state index contributed by atoms with van der Waals surface area (Å²) in [4.78, 5) is 11.4. The number of Topliss-reactive ketones (excluding diaryl/α,β-unsaturated/α-hetero) is 1. The third kappa shape index (κ3) is 3.35. The summed E-state index contributed by atoms with van der Waals surface area (Å²) in [6.45, 7) is 2.20. The number of hydrogen-bond acceptors (Lipinski definition) is 3. The van der Waals surface area contributed by atoms with Gasteiger partial charge in [-0.25, -0.2) is 0 Å². The number of rotatable bonds is 4. The first-order valence-corrected chi connectivity index (χ1v) is 6.75. The summed E-state index contributed by atoms with van der Waals surface area (Å²) in [5, 5.41) is 3.29. The Morgan fingerprint density at radius 3 is 2.68 bits per heavy atom. The van der Waals surface area contributed by atoms with E-state index >= 15 is 0 Å². The van der Waals surface area contributed by atoms with Crippen molar-refractivity contribution >= 4 is 33.1 Å². The van der Waals surface area contributed by atoms with Gasteiger partial charge < -0.3 is 11.1 Å². The number of ketones is 1. The zero-order valence-electron chi connectivity index (χ0n) is 10.6. The lowest BCUT2D eigenvalue weighted by atomic mass is 10.1. The number of carbonyl (C=O) groups excluding carboxylic acids is 1. The Balaban J connectivity index is 2.14. The van der Waals surface area contributed by atoms with Crippen molar-refractivity contribution in [1.29, 1.82) is 0 Å². The number of hydrogen-bond donors (Lipinski definition) is 2. The van der Waals surface area contributed by atoms with Crippen molar-refractivity contribution in [3.8, 4) is 0 Å². The summed E-state index contributed by atoms with van der Waals surface area (Å²) in [5.74, 6) is -0.0259. The molecule has 0 aromatic heterocycles. The predicted molar refractivity (Wildman–Crippen MR) is 82.3 cm³/mol. The highest BCUT2D eigenvalue weighted by atomic mass is 79.9. The van der Waals surface area contributed by atoms with E-state index in [1.165, 1.54) is 6.92 Å². The Morgan fingerprint density at radius 2 is 2.00 bits per heavy atom. The van der Waals surface area contributed by atoms with Crippen molar-refractivity contribution in [3.63, 3.8) is 0 Å². The van der Waals surface area contributed by atoms with E-state index in [-0.39, 0.29) is 5.78 Å². The number of nitrogens with one attached hydrogen (secondary N) is 1. The molecule has 3 N–H and O–H groups in total. The second kappa shape index (κ2) is 5.89. The number of anilines is 2. The minimum absolute atomic E-state index is 0.0259. The fourth-order valence-corrected chi connectivity index (χ4v) is 2.24. The molecule has 0 saturated heterocycles. The van der Waals surface area contributed by atoms with E-state index in [0.717, 1.165) is 15.7 Å². The predicted octanol–water partition coefficient (Wildman–Crippen LogP) is 3.85. The normalized spacial score (nSPS) is 10.2. The average molecular weight is 319 g/mol. The van der Waals surface area contributed by atoms with Crippen LogP contribution in [-0.2, 0) is 6.54 Å². The van der Waals surface area contributed by atoms with Gasteiger partial charge in [0.05, 0.1) is 0 Å². The number of nitrogens with two attached hydrogens (primary N) is 1. The summed E-state index contributed by atoms with van der Waals surface area (Å²) in [6.07, 6.45) is 0. The number of carbonyl (C=O) groups is 1. The maximum atomic E-state index is 11.4. The number of nitrogen functional groups attached to an aromatic ring is 1. The quantitative estimate of drug-likeness (QED) is 0.665. The lowest BCUT2D eigenvalue weighted by molar-refractivity contribution is 0.101. The Kier molecular flexibility index (Phi) is 4.22. The number of halogens is 1. The third-order valence-corrected chi connectivity index (χ3v) is 3.65. The Bertz CT molecular complexity index is 611. The molecule has 0 heterocycles. The van der Waals surface area contributed by atoms with Crippen LogP contribution < -0.4 is 11.1 Å². The number of benzene rings is 2. The molecule has 0 radical (unpaired) electrons. The molecule has 98 valence electrons. The molecule has 0 unspecified atom stereocenters. The highest BCUT2D eigenvalue weighted by Gasteiger charge is 2.06. The second-order valence-electron chi connectivity index (χ2n) is 4.30. The van der Waals surface area contributed by atoms with Crippen LogP contribution >= 0.6 is 15.9 Å². The van der Waals surface area contributed by atoms with Crippen LogP contribution in [-0.4, -0.2) is 5.78 Å². The molecule has 0 fully saturated rings. The third-order valence-electron chi connectivity index (χ3n) is 2.87. The van der Waals surface area contributed by atoms with E-state index in [1.54, 1.807) is 12.1 Å². The van der Waals surface area contributed by atoms with Crippen molar-refractivity contribution in [2.75, 3.05) is 11.1 Å². The van der Waals surface area contributed by atoms with E-state index in [0.29, 0.717) is 17.8 Å². The molecule has 2 aromatic rings. The molecule has 19 heavy (non-hydrogen) atoms. The lowest BCUT2D eigenvalue weighted by Crippen LogP contribution is -2.04. The molecular weight excluding hydrogens is 304 g/mol. The Morgan fingerprint density at radius 1 is 1.26 bits per heavy atom. The van der Waals surface area contributed by atoms with Crippen molar-refractivity contribution in [2.45, 2.75) is 13.5 Å². The zero-order valence-corrected chi connectivity index (χ0v) is 12.2. The van der Waals surface area contributed by atoms with Crippen molar-refractivity contribution in [1.82, 2.24) is 0 Å². The molecule has 0 aliphatic rings. The summed E-state index contributed by atoms with van der Waals surface area (Å²) in [7, 11) is 0. The van der Waals surface area contributed by atoms with Crippen LogP contribution in [0.1, 0.15) is 22.8 Å². The van der Waals surface area contributed by atoms with Crippen LogP contribution in [0.25, 0.3) is 0 Å². The SMILES string of the molecule is CC(=O)c1cc(NCc2ccccc2Br)ccc1N. The molecule has 0 bridgehead atoms. The van der Waals surface area contributed by atoms with Crippen LogP contribution in [0.3, 0.4) is 0 Å². The molecule has 0 saturated carbocycles. The minimum Gasteiger partial charge on any atom is -0.398 e. The molecule has 4 heteroatoms. The molecule has 0 atom stereocenters. The molecule has 3 nitrogen and oxygen atoms in total. The summed E-state index contributed by atoms with van der Waals surface area (Å²) in [6, 6.07) is 13.4. The standard InChI is InChI=1S/C15H15BrN2O/c1-10(19)13-8-12(6-7-15(13)17)18-9-11-4-2-3-5-14(11)16/h2-8,18H,9,17H2,1H3. The van der Waals surface area contributed by atoms with Gasteiger partial charge in [-0.3, -0.25) is 4.79 Å². The van der Waals surface area contributed by atoms with Crippen molar-refractivity contribution in [2.24, 2.45) is 0 Å². The fraction of sp³-hybridized carbons (Fsp3) is 0.133. The van der Waals surface area contributed by atoms with Gasteiger partial charge >= 0.3 is 0 Å². The highest BCUT2D eigenvalue weighted by Crippen LogP contribution is 2.21. The van der Waals surface area contributed by atoms with E-state index in [2.05, 4.69) is 21.2 Å². The van der Waals surface area contributed by atoms with Gasteiger partial charge in [0, 0.05) is 28.0 Å². The maximum absolute atomic E-state index is 11.4. The van der Waals surface area contributed by atoms with Gasteiger partial charge in [0.25, 0.3) is 0 Å². The van der Waals surface area contributed by atoms with Gasteiger partial charge in [0.15, 0.2) is 5.78 Å². The van der Waals surface area contributed by atoms with Crippen LogP contribution in [0.2, 0.25) is 0 Å². The van der Waals surface area contributed by atoms with E-state index in [9.17, 15) is 4.79 Å². The molecule has 0 amide bonds. The average Bonchev–Trinajstić information content (AvgIpc) is 2.39. The fourth-order valence-electron chi connectivity index (χ4n) is 1.81. The summed E-state index contributed by atoms with van der Waals surface area (Å²) >= 11 is 3.51. The van der Waals surface area contributed by atoms with Crippen molar-refractivity contribution < 1.29 is 4.79 Å². The monoisotopic (exact) mass is 318 g/mol. The molecule has 0 aliphatic carbocycles. The Hall–Kier alpha value is -1.81. The van der Waals surface area contributed by atoms with E-state index < -0.39 is 0 Å². The first-order valence-electron chi connectivity index (χ1n) is 5.95. The van der Waals surface area contributed by atoms with E-state index in [1.807, 2.05) is 30.3 Å². The first kappa shape index (κ1) is 13.6. The Labute approximate surface area is 121 Å². The van der Waals surface area contributed by atoms with Gasteiger partial charge in [0.2, 0.25) is 0 Å². The van der Waals surface area contributed by atoms with E-state index in [4.69, 9.17) is 5.73 Å². The zero-order chi connectivity index (χ0) is 13.8. The molecule has 2 aromatic carbocycles. The largest absolute Gasteiger partial charge is 0.398 e. The van der Waals surface area contributed by atoms with Crippen LogP contribution in [0, 0.1) is 0 Å². The molecule has 0 aliphatic heterocycles. The van der Waals surface area contributed by atoms with Gasteiger partial charge in [-0.15, -0.1) is 0 Å². The molecular formula is C15H15BrN2O. The molecule has 2 rings (SSSR count). The van der Waals surface area contributed by atoms with Crippen LogP contribution in [0.15, 0.2) is 46.9 Å². The second-order valence-corrected chi connectivity index (χ2v) is 5.16. The molecule has 0 spiro atoms. The van der Waals surface area contributed by atoms with Gasteiger partial charge in [-0.05, 0) is 36.8 Å².